The first-order valence-electron chi connectivity index (χ1n) is 10.7. The van der Waals surface area contributed by atoms with Crippen molar-refractivity contribution < 1.29 is 0 Å². The van der Waals surface area contributed by atoms with Gasteiger partial charge in [0, 0.05) is 17.7 Å². The van der Waals surface area contributed by atoms with Crippen LogP contribution in [0.1, 0.15) is 6.92 Å². The first-order valence-corrected chi connectivity index (χ1v) is 10.7. The topological polar surface area (TPSA) is 17.8 Å². The normalized spacial score (nSPS) is 10.9. The van der Waals surface area contributed by atoms with E-state index in [1.807, 2.05) is 6.33 Å². The Kier molecular flexibility index (Phi) is 5.20. The molecular formula is C29H24N2. The van der Waals surface area contributed by atoms with E-state index in [-0.39, 0.29) is 0 Å². The zero-order valence-electron chi connectivity index (χ0n) is 17.6. The van der Waals surface area contributed by atoms with Gasteiger partial charge < -0.3 is 4.57 Å². The van der Waals surface area contributed by atoms with Crippen molar-refractivity contribution in [1.82, 2.24) is 9.55 Å². The maximum absolute atomic E-state index is 4.92. The highest BCUT2D eigenvalue weighted by Crippen LogP contribution is 2.40. The van der Waals surface area contributed by atoms with Crippen LogP contribution in [0, 0.1) is 0 Å². The minimum Gasteiger partial charge on any atom is -0.330 e. The molecule has 150 valence electrons. The Balaban J connectivity index is 1.76. The van der Waals surface area contributed by atoms with Gasteiger partial charge in [0.05, 0.1) is 17.7 Å². The molecule has 0 aliphatic heterocycles. The average molecular weight is 401 g/mol. The number of hydrogen-bond acceptors (Lipinski definition) is 1. The number of aromatic nitrogens is 2. The van der Waals surface area contributed by atoms with E-state index in [9.17, 15) is 0 Å². The lowest BCUT2D eigenvalue weighted by Gasteiger charge is -2.15. The third kappa shape index (κ3) is 3.57. The minimum absolute atomic E-state index is 0.860. The highest BCUT2D eigenvalue weighted by atomic mass is 15.1. The van der Waals surface area contributed by atoms with Gasteiger partial charge >= 0.3 is 0 Å². The van der Waals surface area contributed by atoms with Crippen LogP contribution < -0.4 is 0 Å². The quantitative estimate of drug-likeness (QED) is 0.297. The summed E-state index contributed by atoms with van der Waals surface area (Å²) in [4.78, 5) is 4.92. The Morgan fingerprint density at radius 1 is 0.548 bits per heavy atom. The van der Waals surface area contributed by atoms with E-state index in [0.717, 1.165) is 23.5 Å². The molecule has 2 nitrogen and oxygen atoms in total. The zero-order valence-corrected chi connectivity index (χ0v) is 17.6. The number of benzene rings is 4. The lowest BCUT2D eigenvalue weighted by atomic mass is 9.92. The van der Waals surface area contributed by atoms with E-state index < -0.39 is 0 Å². The summed E-state index contributed by atoms with van der Waals surface area (Å²) < 4.78 is 2.25. The molecule has 0 spiro atoms. The van der Waals surface area contributed by atoms with E-state index in [0.29, 0.717) is 0 Å². The molecule has 0 aliphatic carbocycles. The molecule has 5 aromatic rings. The molecule has 0 radical (unpaired) electrons. The average Bonchev–Trinajstić information content (AvgIpc) is 3.29. The van der Waals surface area contributed by atoms with E-state index in [2.05, 4.69) is 121 Å². The van der Waals surface area contributed by atoms with E-state index in [1.165, 1.54) is 27.8 Å². The summed E-state index contributed by atoms with van der Waals surface area (Å²) in [5.74, 6) is 0. The molecule has 0 saturated heterocycles. The molecule has 31 heavy (non-hydrogen) atoms. The van der Waals surface area contributed by atoms with Crippen LogP contribution in [0.2, 0.25) is 0 Å². The van der Waals surface area contributed by atoms with Gasteiger partial charge in [-0.05, 0) is 29.2 Å². The van der Waals surface area contributed by atoms with Gasteiger partial charge in [-0.15, -0.1) is 0 Å². The van der Waals surface area contributed by atoms with Crippen LogP contribution >= 0.6 is 0 Å². The summed E-state index contributed by atoms with van der Waals surface area (Å²) in [6, 6.07) is 38.3. The summed E-state index contributed by atoms with van der Waals surface area (Å²) in [5, 5.41) is 0. The SMILES string of the molecule is CCn1cnc(-c2ccccc2-c2ccccc2)c1-c1ccccc1-c1ccccc1. The monoisotopic (exact) mass is 400 g/mol. The molecule has 0 fully saturated rings. The Bertz CT molecular complexity index is 1300. The Morgan fingerprint density at radius 3 is 1.55 bits per heavy atom. The zero-order chi connectivity index (χ0) is 21.0. The molecule has 0 unspecified atom stereocenters. The fourth-order valence-electron chi connectivity index (χ4n) is 4.22. The van der Waals surface area contributed by atoms with Crippen molar-refractivity contribution in [2.45, 2.75) is 13.5 Å². The summed E-state index contributed by atoms with van der Waals surface area (Å²) in [6.45, 7) is 3.03. The summed E-state index contributed by atoms with van der Waals surface area (Å²) in [5.41, 5.74) is 9.36. The molecule has 0 atom stereocenters. The van der Waals surface area contributed by atoms with Gasteiger partial charge in [-0.1, -0.05) is 109 Å². The largest absolute Gasteiger partial charge is 0.330 e. The van der Waals surface area contributed by atoms with Crippen LogP contribution in [-0.4, -0.2) is 9.55 Å². The van der Waals surface area contributed by atoms with E-state index in [1.54, 1.807) is 0 Å². The van der Waals surface area contributed by atoms with Crippen LogP contribution in [-0.2, 0) is 6.54 Å². The summed E-state index contributed by atoms with van der Waals surface area (Å²) in [7, 11) is 0. The molecule has 2 heteroatoms. The Morgan fingerprint density at radius 2 is 1.00 bits per heavy atom. The maximum atomic E-state index is 4.92. The van der Waals surface area contributed by atoms with Gasteiger partial charge in [-0.2, -0.15) is 0 Å². The van der Waals surface area contributed by atoms with Crippen molar-refractivity contribution in [1.29, 1.82) is 0 Å². The predicted octanol–water partition coefficient (Wildman–Crippen LogP) is 7.57. The van der Waals surface area contributed by atoms with Crippen molar-refractivity contribution in [3.63, 3.8) is 0 Å². The molecule has 1 aromatic heterocycles. The molecule has 0 bridgehead atoms. The van der Waals surface area contributed by atoms with Gasteiger partial charge in [0.2, 0.25) is 0 Å². The van der Waals surface area contributed by atoms with Crippen molar-refractivity contribution in [3.8, 4) is 44.8 Å². The predicted molar refractivity (Wildman–Crippen MR) is 130 cm³/mol. The molecular weight excluding hydrogens is 376 g/mol. The van der Waals surface area contributed by atoms with Crippen LogP contribution in [0.15, 0.2) is 116 Å². The molecule has 0 saturated carbocycles. The first kappa shape index (κ1) is 19.1. The Labute approximate surface area is 183 Å². The van der Waals surface area contributed by atoms with E-state index in [4.69, 9.17) is 4.98 Å². The third-order valence-electron chi connectivity index (χ3n) is 5.71. The molecule has 1 heterocycles. The Hall–Kier alpha value is -3.91. The molecule has 5 rings (SSSR count). The van der Waals surface area contributed by atoms with Crippen molar-refractivity contribution in [3.05, 3.63) is 116 Å². The highest BCUT2D eigenvalue weighted by molar-refractivity contribution is 5.93. The van der Waals surface area contributed by atoms with Crippen LogP contribution in [0.3, 0.4) is 0 Å². The summed E-state index contributed by atoms with van der Waals surface area (Å²) in [6.07, 6.45) is 1.97. The fraction of sp³-hybridized carbons (Fsp3) is 0.0690. The number of nitrogens with zero attached hydrogens (tertiary/aromatic N) is 2. The second-order valence-corrected chi connectivity index (χ2v) is 7.55. The second kappa shape index (κ2) is 8.45. The van der Waals surface area contributed by atoms with Gasteiger partial charge in [0.25, 0.3) is 0 Å². The fourth-order valence-corrected chi connectivity index (χ4v) is 4.22. The maximum Gasteiger partial charge on any atom is 0.0969 e. The number of hydrogen-bond donors (Lipinski definition) is 0. The summed E-state index contributed by atoms with van der Waals surface area (Å²) >= 11 is 0. The highest BCUT2D eigenvalue weighted by Gasteiger charge is 2.20. The van der Waals surface area contributed by atoms with Gasteiger partial charge in [-0.25, -0.2) is 4.98 Å². The molecule has 0 aliphatic rings. The smallest absolute Gasteiger partial charge is 0.0969 e. The number of aryl methyl sites for hydroxylation is 1. The second-order valence-electron chi connectivity index (χ2n) is 7.55. The van der Waals surface area contributed by atoms with Crippen molar-refractivity contribution in [2.24, 2.45) is 0 Å². The standard InChI is InChI=1S/C29H24N2/c1-2-31-21-30-28(26-19-11-9-17-24(26)22-13-5-3-6-14-22)29(31)27-20-12-10-18-25(27)23-15-7-4-8-16-23/h3-21H,2H2,1H3. The molecule has 0 N–H and O–H groups in total. The van der Waals surface area contributed by atoms with Gasteiger partial charge in [0.15, 0.2) is 0 Å². The minimum atomic E-state index is 0.860. The third-order valence-corrected chi connectivity index (χ3v) is 5.71. The van der Waals surface area contributed by atoms with Crippen molar-refractivity contribution >= 4 is 0 Å². The lowest BCUT2D eigenvalue weighted by Crippen LogP contribution is -1.98. The molecule has 0 amide bonds. The van der Waals surface area contributed by atoms with Crippen LogP contribution in [0.25, 0.3) is 44.8 Å². The van der Waals surface area contributed by atoms with Crippen molar-refractivity contribution in [2.75, 3.05) is 0 Å². The molecule has 4 aromatic carbocycles. The lowest BCUT2D eigenvalue weighted by molar-refractivity contribution is 0.769. The van der Waals surface area contributed by atoms with E-state index >= 15 is 0 Å². The van der Waals surface area contributed by atoms with Crippen LogP contribution in [0.4, 0.5) is 0 Å². The van der Waals surface area contributed by atoms with Gasteiger partial charge in [0.1, 0.15) is 0 Å². The van der Waals surface area contributed by atoms with Gasteiger partial charge in [-0.3, -0.25) is 0 Å². The number of imidazole rings is 1. The number of rotatable bonds is 5. The first-order chi connectivity index (χ1) is 15.4. The van der Waals surface area contributed by atoms with Crippen LogP contribution in [0.5, 0.6) is 0 Å².